The molecule has 0 fully saturated rings. The zero-order valence-electron chi connectivity index (χ0n) is 15.4. The van der Waals surface area contributed by atoms with Gasteiger partial charge in [-0.05, 0) is 29.3 Å². The van der Waals surface area contributed by atoms with Crippen LogP contribution >= 0.6 is 0 Å². The second kappa shape index (κ2) is 7.33. The van der Waals surface area contributed by atoms with E-state index >= 15 is 0 Å². The van der Waals surface area contributed by atoms with Gasteiger partial charge in [0, 0.05) is 17.3 Å². The number of rotatable bonds is 4. The number of aromatic nitrogens is 1. The summed E-state index contributed by atoms with van der Waals surface area (Å²) in [6.07, 6.45) is 2.24. The third-order valence-electron chi connectivity index (χ3n) is 4.98. The average Bonchev–Trinajstić information content (AvgIpc) is 3.20. The lowest BCUT2D eigenvalue weighted by molar-refractivity contribution is 1.21. The van der Waals surface area contributed by atoms with E-state index in [0.717, 1.165) is 0 Å². The highest BCUT2D eigenvalue weighted by Gasteiger charge is 2.07. The fourth-order valence-electron chi connectivity index (χ4n) is 3.57. The molecule has 0 atom stereocenters. The third-order valence-corrected chi connectivity index (χ3v) is 6.22. The summed E-state index contributed by atoms with van der Waals surface area (Å²) in [5.74, 6) is 0. The molecule has 0 aliphatic carbocycles. The van der Waals surface area contributed by atoms with Crippen molar-refractivity contribution in [2.24, 2.45) is 0 Å². The smallest absolute Gasteiger partial charge is 0.121 e. The Morgan fingerprint density at radius 3 is 1.93 bits per heavy atom. The van der Waals surface area contributed by atoms with E-state index < -0.39 is 0 Å². The molecule has 5 aromatic rings. The van der Waals surface area contributed by atoms with Crippen molar-refractivity contribution in [1.29, 1.82) is 0 Å². The second-order valence-corrected chi connectivity index (χ2v) is 8.27. The molecule has 132 valence electrons. The van der Waals surface area contributed by atoms with Crippen molar-refractivity contribution in [1.82, 2.24) is 4.40 Å². The molecule has 0 unspecified atom stereocenters. The summed E-state index contributed by atoms with van der Waals surface area (Å²) >= 11 is 0. The van der Waals surface area contributed by atoms with Crippen LogP contribution in [-0.2, 0) is 0 Å². The van der Waals surface area contributed by atoms with Crippen molar-refractivity contribution >= 4 is 25.4 Å². The second-order valence-electron chi connectivity index (χ2n) is 6.87. The minimum atomic E-state index is 0.690. The van der Waals surface area contributed by atoms with E-state index in [1.807, 2.05) is 0 Å². The summed E-state index contributed by atoms with van der Waals surface area (Å²) < 4.78 is 2.29. The summed E-state index contributed by atoms with van der Waals surface area (Å²) in [6, 6.07) is 38.9. The monoisotopic (exact) mass is 373 g/mol. The normalized spacial score (nSPS) is 11.0. The molecule has 5 rings (SSSR count). The molecule has 2 heterocycles. The predicted molar refractivity (Wildman–Crippen MR) is 120 cm³/mol. The first kappa shape index (κ1) is 16.8. The van der Waals surface area contributed by atoms with Gasteiger partial charge in [0.2, 0.25) is 0 Å². The summed E-state index contributed by atoms with van der Waals surface area (Å²) in [5, 5.41) is 2.73. The Labute approximate surface area is 167 Å². The minimum absolute atomic E-state index is 0.690. The molecule has 1 nitrogen and oxygen atoms in total. The summed E-state index contributed by atoms with van der Waals surface area (Å²) in [5.41, 5.74) is 6.16. The van der Waals surface area contributed by atoms with Crippen LogP contribution in [0.3, 0.4) is 0 Å². The van der Waals surface area contributed by atoms with Crippen LogP contribution in [0.4, 0.5) is 0 Å². The van der Waals surface area contributed by atoms with Gasteiger partial charge in [0.05, 0.1) is 5.69 Å². The van der Waals surface area contributed by atoms with Gasteiger partial charge in [-0.3, -0.25) is 0 Å². The Morgan fingerprint density at radius 2 is 1.18 bits per heavy atom. The highest BCUT2D eigenvalue weighted by atomic mass is 28.2. The van der Waals surface area contributed by atoms with Gasteiger partial charge in [-0.15, -0.1) is 0 Å². The van der Waals surface area contributed by atoms with Crippen LogP contribution in [-0.4, -0.2) is 13.9 Å². The van der Waals surface area contributed by atoms with Gasteiger partial charge < -0.3 is 4.40 Å². The average molecular weight is 374 g/mol. The molecule has 0 saturated carbocycles. The van der Waals surface area contributed by atoms with Crippen molar-refractivity contribution in [2.45, 2.75) is 0 Å². The van der Waals surface area contributed by atoms with Crippen molar-refractivity contribution in [3.8, 4) is 22.4 Å². The van der Waals surface area contributed by atoms with Crippen LogP contribution in [0.15, 0.2) is 115 Å². The number of pyridine rings is 1. The zero-order chi connectivity index (χ0) is 18.8. The minimum Gasteiger partial charge on any atom is -0.316 e. The lowest BCUT2D eigenvalue weighted by Crippen LogP contribution is -2.26. The number of nitrogens with zero attached hydrogens (tertiary/aromatic N) is 1. The highest BCUT2D eigenvalue weighted by Crippen LogP contribution is 2.27. The van der Waals surface area contributed by atoms with E-state index in [2.05, 4.69) is 120 Å². The third kappa shape index (κ3) is 3.30. The first-order chi connectivity index (χ1) is 13.9. The summed E-state index contributed by atoms with van der Waals surface area (Å²) in [4.78, 5) is 0. The Hall–Kier alpha value is -3.36. The van der Waals surface area contributed by atoms with Gasteiger partial charge in [-0.25, -0.2) is 0 Å². The maximum absolute atomic E-state index is 2.29. The molecule has 0 N–H and O–H groups in total. The van der Waals surface area contributed by atoms with Gasteiger partial charge in [-0.2, -0.15) is 0 Å². The Morgan fingerprint density at radius 1 is 0.500 bits per heavy atom. The fourth-order valence-corrected chi connectivity index (χ4v) is 4.60. The van der Waals surface area contributed by atoms with Crippen LogP contribution in [0.2, 0.25) is 0 Å². The lowest BCUT2D eigenvalue weighted by Gasteiger charge is -2.08. The summed E-state index contributed by atoms with van der Waals surface area (Å²) in [7, 11) is 0.690. The van der Waals surface area contributed by atoms with Crippen molar-refractivity contribution < 1.29 is 0 Å². The molecule has 28 heavy (non-hydrogen) atoms. The molecule has 2 radical (unpaired) electrons. The van der Waals surface area contributed by atoms with Crippen LogP contribution in [0.25, 0.3) is 27.9 Å². The van der Waals surface area contributed by atoms with Crippen LogP contribution in [0, 0.1) is 0 Å². The van der Waals surface area contributed by atoms with E-state index in [1.54, 1.807) is 0 Å². The SMILES string of the molecule is c1ccc([Si]c2ccc(-c3cccc4cc(-c5ccccc5)cn34)cc2)cc1. The van der Waals surface area contributed by atoms with Crippen molar-refractivity contribution in [3.05, 3.63) is 115 Å². The van der Waals surface area contributed by atoms with E-state index in [-0.39, 0.29) is 0 Å². The van der Waals surface area contributed by atoms with E-state index in [1.165, 1.54) is 38.3 Å². The maximum Gasteiger partial charge on any atom is 0.121 e. The van der Waals surface area contributed by atoms with E-state index in [0.29, 0.717) is 9.52 Å². The summed E-state index contributed by atoms with van der Waals surface area (Å²) in [6.45, 7) is 0. The highest BCUT2D eigenvalue weighted by molar-refractivity contribution is 6.67. The predicted octanol–water partition coefficient (Wildman–Crippen LogP) is 4.93. The molecule has 3 aromatic carbocycles. The van der Waals surface area contributed by atoms with Crippen molar-refractivity contribution in [3.63, 3.8) is 0 Å². The standard InChI is InChI=1S/C26H19NSi/c1-3-8-20(9-4-1)22-18-23-10-7-13-26(27(23)19-22)21-14-16-25(17-15-21)28-24-11-5-2-6-12-24/h1-19H. The molecule has 0 bridgehead atoms. The molecule has 2 aromatic heterocycles. The van der Waals surface area contributed by atoms with Gasteiger partial charge in [0.25, 0.3) is 0 Å². The molecule has 0 saturated heterocycles. The van der Waals surface area contributed by atoms with E-state index in [9.17, 15) is 0 Å². The first-order valence-corrected chi connectivity index (χ1v) is 10.5. The molecular formula is C26H19NSi. The number of benzene rings is 3. The molecule has 0 aliphatic rings. The number of hydrogen-bond donors (Lipinski definition) is 0. The maximum atomic E-state index is 2.29. The van der Waals surface area contributed by atoms with Crippen LogP contribution in [0.5, 0.6) is 0 Å². The van der Waals surface area contributed by atoms with Crippen LogP contribution in [0.1, 0.15) is 0 Å². The van der Waals surface area contributed by atoms with Crippen LogP contribution < -0.4 is 10.4 Å². The topological polar surface area (TPSA) is 4.41 Å². The molecule has 0 amide bonds. The lowest BCUT2D eigenvalue weighted by atomic mass is 10.1. The largest absolute Gasteiger partial charge is 0.316 e. The van der Waals surface area contributed by atoms with Crippen molar-refractivity contribution in [2.75, 3.05) is 0 Å². The Bertz CT molecular complexity index is 1210. The first-order valence-electron chi connectivity index (χ1n) is 9.46. The molecule has 0 aliphatic heterocycles. The Kier molecular flexibility index (Phi) is 4.40. The molecular weight excluding hydrogens is 354 g/mol. The van der Waals surface area contributed by atoms with Gasteiger partial charge in [0.15, 0.2) is 0 Å². The Balaban J connectivity index is 1.50. The quantitative estimate of drug-likeness (QED) is 0.394. The van der Waals surface area contributed by atoms with Gasteiger partial charge in [0.1, 0.15) is 9.52 Å². The molecule has 0 spiro atoms. The number of hydrogen-bond acceptors (Lipinski definition) is 0. The molecule has 2 heteroatoms. The fraction of sp³-hybridized carbons (Fsp3) is 0. The van der Waals surface area contributed by atoms with Gasteiger partial charge >= 0.3 is 0 Å². The zero-order valence-corrected chi connectivity index (χ0v) is 16.4. The van der Waals surface area contributed by atoms with Gasteiger partial charge in [-0.1, -0.05) is 101 Å². The van der Waals surface area contributed by atoms with E-state index in [4.69, 9.17) is 0 Å². The number of fused-ring (bicyclic) bond motifs is 1.